The first-order chi connectivity index (χ1) is 6.70. The Labute approximate surface area is 100 Å². The third-order valence-corrected chi connectivity index (χ3v) is 7.10. The van der Waals surface area contributed by atoms with Crippen molar-refractivity contribution in [2.75, 3.05) is 0 Å². The molecule has 0 N–H and O–H groups in total. The molecule has 78 valence electrons. The number of hydrogen-bond donors (Lipinski definition) is 0. The molecule has 14 heavy (non-hydrogen) atoms. The maximum Gasteiger partial charge on any atom is 0.132 e. The Morgan fingerprint density at radius 2 is 1.29 bits per heavy atom. The topological polar surface area (TPSA) is 0 Å². The quantitative estimate of drug-likeness (QED) is 0.578. The lowest BCUT2D eigenvalue weighted by Crippen LogP contribution is -2.07. The van der Waals surface area contributed by atoms with Gasteiger partial charge in [-0.3, -0.25) is 0 Å². The van der Waals surface area contributed by atoms with Crippen LogP contribution in [0.3, 0.4) is 0 Å². The van der Waals surface area contributed by atoms with Gasteiger partial charge in [0.25, 0.3) is 0 Å². The van der Waals surface area contributed by atoms with Crippen molar-refractivity contribution in [3.8, 4) is 0 Å². The Bertz CT molecular complexity index is 262. The van der Waals surface area contributed by atoms with Gasteiger partial charge in [-0.2, -0.15) is 22.2 Å². The van der Waals surface area contributed by atoms with Gasteiger partial charge in [-0.15, -0.1) is 0 Å². The van der Waals surface area contributed by atoms with Crippen molar-refractivity contribution in [3.05, 3.63) is 35.4 Å². The van der Waals surface area contributed by atoms with E-state index in [-0.39, 0.29) is 0 Å². The molecule has 0 aliphatic rings. The summed E-state index contributed by atoms with van der Waals surface area (Å²) in [6.07, 6.45) is 0. The van der Waals surface area contributed by atoms with Gasteiger partial charge in [0, 0.05) is 0 Å². The Balaban J connectivity index is 3.02. The summed E-state index contributed by atoms with van der Waals surface area (Å²) in [7, 11) is -0.953. The van der Waals surface area contributed by atoms with Crippen molar-refractivity contribution < 1.29 is 0 Å². The second kappa shape index (κ2) is 5.96. The summed E-state index contributed by atoms with van der Waals surface area (Å²) in [6, 6.07) is 8.59. The molecular formula is C10H16Cl2Si2. The first-order valence-electron chi connectivity index (χ1n) is 4.91. The molecule has 0 saturated carbocycles. The molecule has 0 aliphatic carbocycles. The van der Waals surface area contributed by atoms with Gasteiger partial charge >= 0.3 is 0 Å². The van der Waals surface area contributed by atoms with Gasteiger partial charge in [0.15, 0.2) is 0 Å². The van der Waals surface area contributed by atoms with Crippen molar-refractivity contribution >= 4 is 39.8 Å². The molecular weight excluding hydrogens is 247 g/mol. The van der Waals surface area contributed by atoms with Crippen LogP contribution in [0.2, 0.25) is 0 Å². The number of hydrogen-bond acceptors (Lipinski definition) is 0. The molecule has 1 rings (SSSR count). The van der Waals surface area contributed by atoms with E-state index in [0.717, 1.165) is 0 Å². The third kappa shape index (κ3) is 2.86. The van der Waals surface area contributed by atoms with E-state index in [2.05, 4.69) is 38.1 Å². The smallest absolute Gasteiger partial charge is 0.132 e. The number of halogens is 2. The van der Waals surface area contributed by atoms with Gasteiger partial charge in [-0.1, -0.05) is 38.1 Å². The summed E-state index contributed by atoms with van der Waals surface area (Å²) >= 11 is 12.0. The average Bonchev–Trinajstić information content (AvgIpc) is 2.27. The van der Waals surface area contributed by atoms with Gasteiger partial charge in [0.05, 0.1) is 0 Å². The largest absolute Gasteiger partial charge is 0.176 e. The van der Waals surface area contributed by atoms with E-state index in [0.29, 0.717) is 11.1 Å². The normalized spacial score (nSPS) is 16.9. The van der Waals surface area contributed by atoms with E-state index in [1.165, 1.54) is 11.1 Å². The van der Waals surface area contributed by atoms with Crippen LogP contribution in [0, 0.1) is 0 Å². The Morgan fingerprint density at radius 3 is 1.57 bits per heavy atom. The van der Waals surface area contributed by atoms with Crippen molar-refractivity contribution in [2.45, 2.75) is 24.9 Å². The van der Waals surface area contributed by atoms with E-state index in [1.807, 2.05) is 0 Å². The molecule has 1 aromatic rings. The second-order valence-corrected chi connectivity index (χ2v) is 8.66. The van der Waals surface area contributed by atoms with Crippen LogP contribution in [0.4, 0.5) is 0 Å². The third-order valence-electron chi connectivity index (χ3n) is 2.52. The lowest BCUT2D eigenvalue weighted by Gasteiger charge is -2.17. The molecule has 0 spiro atoms. The fraction of sp³-hybridized carbons (Fsp3) is 0.400. The Morgan fingerprint density at radius 1 is 0.929 bits per heavy atom. The van der Waals surface area contributed by atoms with Crippen LogP contribution in [0.25, 0.3) is 0 Å². The zero-order valence-corrected chi connectivity index (χ0v) is 13.0. The molecule has 2 atom stereocenters. The summed E-state index contributed by atoms with van der Waals surface area (Å²) < 4.78 is 0. The maximum absolute atomic E-state index is 6.02. The minimum absolute atomic E-state index is 0.476. The van der Waals surface area contributed by atoms with Gasteiger partial charge in [-0.05, 0) is 22.2 Å². The number of rotatable bonds is 4. The van der Waals surface area contributed by atoms with Gasteiger partial charge in [0.1, 0.15) is 17.7 Å². The van der Waals surface area contributed by atoms with Crippen LogP contribution in [0.1, 0.15) is 36.1 Å². The van der Waals surface area contributed by atoms with Crippen LogP contribution in [-0.2, 0) is 0 Å². The van der Waals surface area contributed by atoms with E-state index < -0.39 is 17.7 Å². The van der Waals surface area contributed by atoms with Crippen molar-refractivity contribution in [3.63, 3.8) is 0 Å². The standard InChI is InChI=1S/C10H16Cl2Si2/c1-7(13-11)9-5-3-4-6-10(9)8(2)14-12/h3-8H,13-14H2,1-2H3. The SMILES string of the molecule is CC([SiH2]Cl)c1ccccc1C(C)[SiH2]Cl. The van der Waals surface area contributed by atoms with Gasteiger partial charge in [-0.25, -0.2) is 0 Å². The summed E-state index contributed by atoms with van der Waals surface area (Å²) in [5.74, 6) is 0. The van der Waals surface area contributed by atoms with Crippen molar-refractivity contribution in [2.24, 2.45) is 0 Å². The molecule has 0 heterocycles. The minimum atomic E-state index is -0.476. The van der Waals surface area contributed by atoms with E-state index in [9.17, 15) is 0 Å². The summed E-state index contributed by atoms with van der Waals surface area (Å²) in [6.45, 7) is 4.45. The fourth-order valence-corrected chi connectivity index (χ4v) is 3.65. The fourth-order valence-electron chi connectivity index (χ4n) is 1.57. The van der Waals surface area contributed by atoms with Gasteiger partial charge in [0.2, 0.25) is 0 Å². The molecule has 0 nitrogen and oxygen atoms in total. The molecule has 4 heteroatoms. The number of benzene rings is 1. The first-order valence-corrected chi connectivity index (χ1v) is 10.8. The van der Waals surface area contributed by atoms with E-state index in [1.54, 1.807) is 0 Å². The lowest BCUT2D eigenvalue weighted by atomic mass is 10.0. The molecule has 0 amide bonds. The maximum atomic E-state index is 6.02. The predicted octanol–water partition coefficient (Wildman–Crippen LogP) is 2.45. The molecule has 2 unspecified atom stereocenters. The highest BCUT2D eigenvalue weighted by molar-refractivity contribution is 6.95. The summed E-state index contributed by atoms with van der Waals surface area (Å²) in [5, 5.41) is 0. The van der Waals surface area contributed by atoms with Crippen LogP contribution < -0.4 is 0 Å². The minimum Gasteiger partial charge on any atom is -0.176 e. The highest BCUT2D eigenvalue weighted by Gasteiger charge is 2.13. The summed E-state index contributed by atoms with van der Waals surface area (Å²) in [5.41, 5.74) is 3.98. The second-order valence-electron chi connectivity index (χ2n) is 3.74. The van der Waals surface area contributed by atoms with Crippen LogP contribution in [-0.4, -0.2) is 17.7 Å². The van der Waals surface area contributed by atoms with E-state index in [4.69, 9.17) is 22.2 Å². The molecule has 1 aromatic carbocycles. The van der Waals surface area contributed by atoms with Crippen LogP contribution in [0.5, 0.6) is 0 Å². The molecule has 0 aromatic heterocycles. The lowest BCUT2D eigenvalue weighted by molar-refractivity contribution is 0.979. The Kier molecular flexibility index (Phi) is 5.24. The molecule has 0 fully saturated rings. The average molecular weight is 263 g/mol. The highest BCUT2D eigenvalue weighted by Crippen LogP contribution is 2.26. The molecule has 0 bridgehead atoms. The highest BCUT2D eigenvalue weighted by atomic mass is 35.6. The Hall–Kier alpha value is 0.234. The zero-order chi connectivity index (χ0) is 10.6. The van der Waals surface area contributed by atoms with E-state index >= 15 is 0 Å². The monoisotopic (exact) mass is 262 g/mol. The zero-order valence-electron chi connectivity index (χ0n) is 8.63. The van der Waals surface area contributed by atoms with Gasteiger partial charge < -0.3 is 0 Å². The van der Waals surface area contributed by atoms with Crippen molar-refractivity contribution in [1.29, 1.82) is 0 Å². The molecule has 0 aliphatic heterocycles. The van der Waals surface area contributed by atoms with Crippen molar-refractivity contribution in [1.82, 2.24) is 0 Å². The molecule has 0 saturated heterocycles. The summed E-state index contributed by atoms with van der Waals surface area (Å²) in [4.78, 5) is 0. The predicted molar refractivity (Wildman–Crippen MR) is 72.1 cm³/mol. The van der Waals surface area contributed by atoms with Crippen LogP contribution >= 0.6 is 22.2 Å². The molecule has 0 radical (unpaired) electrons. The first kappa shape index (κ1) is 12.3. The van der Waals surface area contributed by atoms with Crippen LogP contribution in [0.15, 0.2) is 24.3 Å².